The predicted molar refractivity (Wildman–Crippen MR) is 62.4 cm³/mol. The van der Waals surface area contributed by atoms with Crippen LogP contribution in [0.2, 0.25) is 0 Å². The summed E-state index contributed by atoms with van der Waals surface area (Å²) in [5.41, 5.74) is 0.458. The average Bonchev–Trinajstić information content (AvgIpc) is 2.30. The second-order valence-corrected chi connectivity index (χ2v) is 3.65. The number of hydrogen-bond donors (Lipinski definition) is 1. The van der Waals surface area contributed by atoms with Crippen molar-refractivity contribution in [2.75, 3.05) is 13.2 Å². The van der Waals surface area contributed by atoms with E-state index in [4.69, 9.17) is 4.74 Å². The van der Waals surface area contributed by atoms with Gasteiger partial charge in [0, 0.05) is 6.20 Å². The minimum atomic E-state index is -2.46. The van der Waals surface area contributed by atoms with Gasteiger partial charge in [0.25, 0.3) is 6.43 Å². The fraction of sp³-hybridized carbons (Fsp3) is 0.583. The summed E-state index contributed by atoms with van der Waals surface area (Å²) in [7, 11) is 0. The summed E-state index contributed by atoms with van der Waals surface area (Å²) >= 11 is 0. The molecule has 0 radical (unpaired) electrons. The number of nitrogens with zero attached hydrogens (tertiary/aromatic N) is 1. The number of aromatic nitrogens is 1. The van der Waals surface area contributed by atoms with Crippen molar-refractivity contribution in [2.24, 2.45) is 0 Å². The molecule has 0 aliphatic heterocycles. The van der Waals surface area contributed by atoms with Crippen molar-refractivity contribution in [2.45, 2.75) is 32.7 Å². The van der Waals surface area contributed by atoms with Gasteiger partial charge < -0.3 is 10.1 Å². The van der Waals surface area contributed by atoms with Gasteiger partial charge in [0.05, 0.1) is 18.8 Å². The summed E-state index contributed by atoms with van der Waals surface area (Å²) < 4.78 is 31.0. The van der Waals surface area contributed by atoms with Gasteiger partial charge >= 0.3 is 0 Å². The Bertz CT molecular complexity index is 334. The van der Waals surface area contributed by atoms with Crippen LogP contribution >= 0.6 is 0 Å². The van der Waals surface area contributed by atoms with Crippen LogP contribution in [0.5, 0.6) is 5.75 Å². The maximum Gasteiger partial charge on any atom is 0.257 e. The smallest absolute Gasteiger partial charge is 0.257 e. The molecule has 1 atom stereocenters. The first-order valence-corrected chi connectivity index (χ1v) is 5.78. The zero-order valence-corrected chi connectivity index (χ0v) is 10.1. The van der Waals surface area contributed by atoms with E-state index in [1.807, 2.05) is 13.8 Å². The minimum absolute atomic E-state index is 0.458. The maximum absolute atomic E-state index is 12.9. The number of halogens is 2. The van der Waals surface area contributed by atoms with Crippen LogP contribution in [0.4, 0.5) is 8.78 Å². The van der Waals surface area contributed by atoms with Gasteiger partial charge in [0.1, 0.15) is 5.75 Å². The van der Waals surface area contributed by atoms with E-state index in [1.165, 1.54) is 12.4 Å². The number of nitrogens with one attached hydrogen (secondary N) is 1. The van der Waals surface area contributed by atoms with E-state index in [0.717, 1.165) is 6.42 Å². The van der Waals surface area contributed by atoms with Crippen molar-refractivity contribution < 1.29 is 13.5 Å². The molecule has 0 fully saturated rings. The third-order valence-electron chi connectivity index (χ3n) is 2.27. The zero-order valence-electron chi connectivity index (χ0n) is 10.1. The van der Waals surface area contributed by atoms with Gasteiger partial charge in [0.2, 0.25) is 0 Å². The molecule has 0 spiro atoms. The van der Waals surface area contributed by atoms with Crippen LogP contribution in [-0.2, 0) is 0 Å². The Morgan fingerprint density at radius 2 is 2.12 bits per heavy atom. The van der Waals surface area contributed by atoms with Crippen molar-refractivity contribution in [3.8, 4) is 5.75 Å². The fourth-order valence-corrected chi connectivity index (χ4v) is 1.50. The SMILES string of the molecule is CCCNC(c1cncc(OCC)c1)C(F)F. The molecule has 0 saturated carbocycles. The monoisotopic (exact) mass is 244 g/mol. The topological polar surface area (TPSA) is 34.2 Å². The van der Waals surface area contributed by atoms with Crippen LogP contribution in [0, 0.1) is 0 Å². The van der Waals surface area contributed by atoms with Crippen LogP contribution in [0.1, 0.15) is 31.9 Å². The second-order valence-electron chi connectivity index (χ2n) is 3.65. The van der Waals surface area contributed by atoms with Crippen molar-refractivity contribution in [1.29, 1.82) is 0 Å². The lowest BCUT2D eigenvalue weighted by molar-refractivity contribution is 0.0982. The number of pyridine rings is 1. The highest BCUT2D eigenvalue weighted by atomic mass is 19.3. The highest BCUT2D eigenvalue weighted by Crippen LogP contribution is 2.23. The number of rotatable bonds is 7. The van der Waals surface area contributed by atoms with E-state index in [-0.39, 0.29) is 0 Å². The first kappa shape index (κ1) is 13.8. The van der Waals surface area contributed by atoms with E-state index < -0.39 is 12.5 Å². The molecule has 0 saturated heterocycles. The van der Waals surface area contributed by atoms with Crippen molar-refractivity contribution in [3.63, 3.8) is 0 Å². The Hall–Kier alpha value is -1.23. The van der Waals surface area contributed by atoms with Crippen LogP contribution in [-0.4, -0.2) is 24.6 Å². The van der Waals surface area contributed by atoms with Crippen LogP contribution in [0.25, 0.3) is 0 Å². The molecule has 0 aliphatic carbocycles. The molecule has 0 amide bonds. The molecule has 17 heavy (non-hydrogen) atoms. The second kappa shape index (κ2) is 7.17. The van der Waals surface area contributed by atoms with Gasteiger partial charge in [0.15, 0.2) is 0 Å². The highest BCUT2D eigenvalue weighted by Gasteiger charge is 2.22. The molecule has 3 nitrogen and oxygen atoms in total. The molecule has 1 aromatic heterocycles. The van der Waals surface area contributed by atoms with E-state index in [2.05, 4.69) is 10.3 Å². The Morgan fingerprint density at radius 1 is 1.35 bits per heavy atom. The number of hydrogen-bond acceptors (Lipinski definition) is 3. The van der Waals surface area contributed by atoms with E-state index in [1.54, 1.807) is 6.07 Å². The van der Waals surface area contributed by atoms with Crippen molar-refractivity contribution in [1.82, 2.24) is 10.3 Å². The van der Waals surface area contributed by atoms with Crippen LogP contribution in [0.3, 0.4) is 0 Å². The third-order valence-corrected chi connectivity index (χ3v) is 2.27. The van der Waals surface area contributed by atoms with E-state index in [9.17, 15) is 8.78 Å². The van der Waals surface area contributed by atoms with E-state index in [0.29, 0.717) is 24.5 Å². The summed E-state index contributed by atoms with van der Waals surface area (Å²) in [4.78, 5) is 3.92. The average molecular weight is 244 g/mol. The Kier molecular flexibility index (Phi) is 5.83. The maximum atomic E-state index is 12.9. The standard InChI is InChI=1S/C12H18F2N2O/c1-3-5-16-11(12(13)14)9-6-10(17-4-2)8-15-7-9/h6-8,11-12,16H,3-5H2,1-2H3. The van der Waals surface area contributed by atoms with Crippen molar-refractivity contribution in [3.05, 3.63) is 24.0 Å². The zero-order chi connectivity index (χ0) is 12.7. The molecule has 1 heterocycles. The summed E-state index contributed by atoms with van der Waals surface area (Å²) in [6.45, 7) is 4.82. The molecule has 1 rings (SSSR count). The van der Waals surface area contributed by atoms with Gasteiger partial charge in [-0.3, -0.25) is 4.98 Å². The van der Waals surface area contributed by atoms with Crippen LogP contribution < -0.4 is 10.1 Å². The summed E-state index contributed by atoms with van der Waals surface area (Å²) in [6, 6.07) is 0.624. The normalized spacial score (nSPS) is 12.8. The summed E-state index contributed by atoms with van der Waals surface area (Å²) in [5.74, 6) is 0.522. The first-order chi connectivity index (χ1) is 8.19. The lowest BCUT2D eigenvalue weighted by atomic mass is 10.1. The molecular weight excluding hydrogens is 226 g/mol. The molecule has 96 valence electrons. The summed E-state index contributed by atoms with van der Waals surface area (Å²) in [6.07, 6.45) is 1.32. The lowest BCUT2D eigenvalue weighted by Gasteiger charge is -2.18. The first-order valence-electron chi connectivity index (χ1n) is 5.78. The fourth-order valence-electron chi connectivity index (χ4n) is 1.50. The Morgan fingerprint density at radius 3 is 2.71 bits per heavy atom. The molecule has 1 N–H and O–H groups in total. The molecule has 1 aromatic rings. The Labute approximate surface area is 100 Å². The quantitative estimate of drug-likeness (QED) is 0.800. The molecule has 0 aliphatic rings. The number of alkyl halides is 2. The van der Waals surface area contributed by atoms with Gasteiger partial charge in [-0.05, 0) is 31.5 Å². The molecular formula is C12H18F2N2O. The molecule has 0 bridgehead atoms. The molecule has 0 aromatic carbocycles. The van der Waals surface area contributed by atoms with Crippen molar-refractivity contribution >= 4 is 0 Å². The Balaban J connectivity index is 2.81. The van der Waals surface area contributed by atoms with Gasteiger partial charge in [-0.2, -0.15) is 0 Å². The lowest BCUT2D eigenvalue weighted by Crippen LogP contribution is -2.28. The largest absolute Gasteiger partial charge is 0.492 e. The van der Waals surface area contributed by atoms with Gasteiger partial charge in [-0.25, -0.2) is 8.78 Å². The predicted octanol–water partition coefficient (Wildman–Crippen LogP) is 2.79. The number of ether oxygens (including phenoxy) is 1. The minimum Gasteiger partial charge on any atom is -0.492 e. The van der Waals surface area contributed by atoms with Gasteiger partial charge in [-0.15, -0.1) is 0 Å². The van der Waals surface area contributed by atoms with E-state index >= 15 is 0 Å². The molecule has 1 unspecified atom stereocenters. The molecule has 5 heteroatoms. The highest BCUT2D eigenvalue weighted by molar-refractivity contribution is 5.26. The van der Waals surface area contributed by atoms with Crippen LogP contribution in [0.15, 0.2) is 18.5 Å². The summed E-state index contributed by atoms with van der Waals surface area (Å²) in [5, 5.41) is 2.81. The van der Waals surface area contributed by atoms with Gasteiger partial charge in [-0.1, -0.05) is 6.92 Å². The third kappa shape index (κ3) is 4.26.